The summed E-state index contributed by atoms with van der Waals surface area (Å²) in [4.78, 5) is 39.9. The van der Waals surface area contributed by atoms with Gasteiger partial charge in [0.25, 0.3) is 0 Å². The standard InChI is InChI=1S/C26H33ClN2O6/c1-26(2,3)28-24(31)20(17-35-25(32)19-9-7-6-8-10-19)29(23(30)16-27)14-13-18-11-12-21(33-4)22(15-18)34-5/h6-12,15,20H,13-14,16-17H2,1-5H3,(H,28,31). The van der Waals surface area contributed by atoms with Gasteiger partial charge in [-0.25, -0.2) is 4.79 Å². The van der Waals surface area contributed by atoms with Crippen LogP contribution in [0.1, 0.15) is 36.7 Å². The maximum absolute atomic E-state index is 13.2. The lowest BCUT2D eigenvalue weighted by Gasteiger charge is -2.33. The molecule has 35 heavy (non-hydrogen) atoms. The van der Waals surface area contributed by atoms with Gasteiger partial charge in [-0.3, -0.25) is 9.59 Å². The molecular weight excluding hydrogens is 472 g/mol. The second kappa shape index (κ2) is 13.0. The van der Waals surface area contributed by atoms with E-state index >= 15 is 0 Å². The molecule has 0 fully saturated rings. The quantitative estimate of drug-likeness (QED) is 0.372. The normalized spacial score (nSPS) is 11.8. The largest absolute Gasteiger partial charge is 0.493 e. The topological polar surface area (TPSA) is 94.2 Å². The van der Waals surface area contributed by atoms with E-state index in [2.05, 4.69) is 5.32 Å². The second-order valence-corrected chi connectivity index (χ2v) is 9.15. The number of amides is 2. The number of halogens is 1. The number of hydrogen-bond donors (Lipinski definition) is 1. The first-order valence-corrected chi connectivity index (χ1v) is 11.7. The van der Waals surface area contributed by atoms with Crippen molar-refractivity contribution in [1.82, 2.24) is 10.2 Å². The van der Waals surface area contributed by atoms with E-state index in [9.17, 15) is 14.4 Å². The number of esters is 1. The van der Waals surface area contributed by atoms with Gasteiger partial charge in [-0.1, -0.05) is 24.3 Å². The van der Waals surface area contributed by atoms with Crippen molar-refractivity contribution in [2.24, 2.45) is 0 Å². The zero-order chi connectivity index (χ0) is 26.0. The van der Waals surface area contributed by atoms with Crippen LogP contribution in [0.4, 0.5) is 0 Å². The molecule has 0 aliphatic carbocycles. The first-order chi connectivity index (χ1) is 16.6. The van der Waals surface area contributed by atoms with Gasteiger partial charge in [0.1, 0.15) is 18.5 Å². The number of alkyl halides is 1. The number of nitrogens with zero attached hydrogens (tertiary/aromatic N) is 1. The van der Waals surface area contributed by atoms with Crippen LogP contribution in [0.3, 0.4) is 0 Å². The maximum atomic E-state index is 13.2. The maximum Gasteiger partial charge on any atom is 0.338 e. The number of carbonyl (C=O) groups excluding carboxylic acids is 3. The lowest BCUT2D eigenvalue weighted by molar-refractivity contribution is -0.141. The van der Waals surface area contributed by atoms with Crippen molar-refractivity contribution in [1.29, 1.82) is 0 Å². The van der Waals surface area contributed by atoms with E-state index in [1.807, 2.05) is 32.9 Å². The molecule has 0 radical (unpaired) electrons. The minimum Gasteiger partial charge on any atom is -0.493 e. The fraction of sp³-hybridized carbons (Fsp3) is 0.423. The highest BCUT2D eigenvalue weighted by Crippen LogP contribution is 2.28. The highest BCUT2D eigenvalue weighted by atomic mass is 35.5. The molecule has 0 aromatic heterocycles. The van der Waals surface area contributed by atoms with Gasteiger partial charge in [-0.05, 0) is 57.0 Å². The fourth-order valence-electron chi connectivity index (χ4n) is 3.39. The predicted molar refractivity (Wildman–Crippen MR) is 134 cm³/mol. The molecule has 190 valence electrons. The lowest BCUT2D eigenvalue weighted by Crippen LogP contribution is -2.56. The van der Waals surface area contributed by atoms with Crippen molar-refractivity contribution in [3.8, 4) is 11.5 Å². The summed E-state index contributed by atoms with van der Waals surface area (Å²) in [5.41, 5.74) is 0.659. The van der Waals surface area contributed by atoms with E-state index in [0.29, 0.717) is 23.5 Å². The molecule has 9 heteroatoms. The molecule has 0 saturated carbocycles. The van der Waals surface area contributed by atoms with Crippen LogP contribution in [0.2, 0.25) is 0 Å². The van der Waals surface area contributed by atoms with Gasteiger partial charge in [0, 0.05) is 12.1 Å². The minimum atomic E-state index is -1.06. The van der Waals surface area contributed by atoms with E-state index in [4.69, 9.17) is 25.8 Å². The summed E-state index contributed by atoms with van der Waals surface area (Å²) in [6.45, 7) is 5.34. The van der Waals surface area contributed by atoms with Gasteiger partial charge in [0.15, 0.2) is 11.5 Å². The van der Waals surface area contributed by atoms with E-state index in [0.717, 1.165) is 5.56 Å². The zero-order valence-corrected chi connectivity index (χ0v) is 21.6. The van der Waals surface area contributed by atoms with Crippen molar-refractivity contribution in [2.45, 2.75) is 38.8 Å². The minimum absolute atomic E-state index is 0.173. The van der Waals surface area contributed by atoms with E-state index < -0.39 is 29.4 Å². The average Bonchev–Trinajstić information content (AvgIpc) is 2.84. The van der Waals surface area contributed by atoms with Crippen LogP contribution in [0.5, 0.6) is 11.5 Å². The van der Waals surface area contributed by atoms with Gasteiger partial charge >= 0.3 is 5.97 Å². The SMILES string of the molecule is COc1ccc(CCN(C(=O)CCl)C(COC(=O)c2ccccc2)C(=O)NC(C)(C)C)cc1OC. The molecule has 0 bridgehead atoms. The van der Waals surface area contributed by atoms with Crippen LogP contribution >= 0.6 is 11.6 Å². The summed E-state index contributed by atoms with van der Waals surface area (Å²) in [7, 11) is 3.09. The molecule has 0 saturated heterocycles. The molecular formula is C26H33ClN2O6. The Labute approximate surface area is 211 Å². The van der Waals surface area contributed by atoms with Crippen LogP contribution in [0.15, 0.2) is 48.5 Å². The van der Waals surface area contributed by atoms with Crippen molar-refractivity contribution in [3.05, 3.63) is 59.7 Å². The van der Waals surface area contributed by atoms with Gasteiger partial charge in [0.2, 0.25) is 11.8 Å². The molecule has 2 amide bonds. The number of carbonyl (C=O) groups is 3. The van der Waals surface area contributed by atoms with Crippen molar-refractivity contribution < 1.29 is 28.6 Å². The predicted octanol–water partition coefficient (Wildman–Crippen LogP) is 3.45. The highest BCUT2D eigenvalue weighted by Gasteiger charge is 2.32. The lowest BCUT2D eigenvalue weighted by atomic mass is 10.1. The summed E-state index contributed by atoms with van der Waals surface area (Å²) < 4.78 is 16.1. The Morgan fingerprint density at radius 1 is 1.00 bits per heavy atom. The molecule has 0 aliphatic rings. The van der Waals surface area contributed by atoms with Crippen LogP contribution in [0, 0.1) is 0 Å². The Morgan fingerprint density at radius 3 is 2.23 bits per heavy atom. The number of ether oxygens (including phenoxy) is 3. The third-order valence-corrected chi connectivity index (χ3v) is 5.31. The van der Waals surface area contributed by atoms with Crippen LogP contribution in [-0.4, -0.2) is 67.5 Å². The van der Waals surface area contributed by atoms with Crippen LogP contribution in [-0.2, 0) is 20.7 Å². The van der Waals surface area contributed by atoms with Crippen molar-refractivity contribution >= 4 is 29.4 Å². The highest BCUT2D eigenvalue weighted by molar-refractivity contribution is 6.27. The second-order valence-electron chi connectivity index (χ2n) is 8.88. The zero-order valence-electron chi connectivity index (χ0n) is 20.8. The number of hydrogen-bond acceptors (Lipinski definition) is 6. The molecule has 2 aromatic rings. The number of methoxy groups -OCH3 is 2. The summed E-state index contributed by atoms with van der Waals surface area (Å²) in [6.07, 6.45) is 0.412. The van der Waals surface area contributed by atoms with Crippen molar-refractivity contribution in [2.75, 3.05) is 33.3 Å². The molecule has 0 spiro atoms. The average molecular weight is 505 g/mol. The summed E-state index contributed by atoms with van der Waals surface area (Å²) in [5.74, 6) is -0.657. The van der Waals surface area contributed by atoms with E-state index in [-0.39, 0.29) is 19.0 Å². The molecule has 0 aliphatic heterocycles. The number of rotatable bonds is 11. The first kappa shape index (κ1) is 28.0. The third-order valence-electron chi connectivity index (χ3n) is 5.08. The summed E-state index contributed by atoms with van der Waals surface area (Å²) in [5, 5.41) is 2.87. The van der Waals surface area contributed by atoms with Crippen LogP contribution < -0.4 is 14.8 Å². The third kappa shape index (κ3) is 8.47. The molecule has 1 unspecified atom stereocenters. The Kier molecular flexibility index (Phi) is 10.4. The Hall–Kier alpha value is -3.26. The molecule has 8 nitrogen and oxygen atoms in total. The van der Waals surface area contributed by atoms with Crippen molar-refractivity contribution in [3.63, 3.8) is 0 Å². The molecule has 1 atom stereocenters. The Balaban J connectivity index is 2.27. The van der Waals surface area contributed by atoms with E-state index in [1.54, 1.807) is 50.6 Å². The molecule has 0 heterocycles. The Bertz CT molecular complexity index is 1010. The smallest absolute Gasteiger partial charge is 0.338 e. The Morgan fingerprint density at radius 2 is 1.66 bits per heavy atom. The number of nitrogens with one attached hydrogen (secondary N) is 1. The molecule has 1 N–H and O–H groups in total. The fourth-order valence-corrected chi connectivity index (χ4v) is 3.54. The number of benzene rings is 2. The molecule has 2 rings (SSSR count). The monoisotopic (exact) mass is 504 g/mol. The molecule has 2 aromatic carbocycles. The first-order valence-electron chi connectivity index (χ1n) is 11.2. The van der Waals surface area contributed by atoms with Gasteiger partial charge in [-0.2, -0.15) is 0 Å². The van der Waals surface area contributed by atoms with Gasteiger partial charge in [0.05, 0.1) is 19.8 Å². The summed E-state index contributed by atoms with van der Waals surface area (Å²) in [6, 6.07) is 12.8. The summed E-state index contributed by atoms with van der Waals surface area (Å²) >= 11 is 5.89. The van der Waals surface area contributed by atoms with Gasteiger partial charge in [-0.15, -0.1) is 11.6 Å². The van der Waals surface area contributed by atoms with Gasteiger partial charge < -0.3 is 24.4 Å². The van der Waals surface area contributed by atoms with E-state index in [1.165, 1.54) is 4.90 Å². The van der Waals surface area contributed by atoms with Crippen LogP contribution in [0.25, 0.3) is 0 Å².